The van der Waals surface area contributed by atoms with Gasteiger partial charge in [-0.1, -0.05) is 17.7 Å². The summed E-state index contributed by atoms with van der Waals surface area (Å²) < 4.78 is 12.9. The van der Waals surface area contributed by atoms with E-state index >= 15 is 0 Å². The Morgan fingerprint density at radius 2 is 2.26 bits per heavy atom. The van der Waals surface area contributed by atoms with E-state index in [4.69, 9.17) is 11.6 Å². The normalized spacial score (nSPS) is 18.3. The van der Waals surface area contributed by atoms with Crippen molar-refractivity contribution in [1.29, 1.82) is 0 Å². The van der Waals surface area contributed by atoms with Gasteiger partial charge < -0.3 is 10.4 Å². The molecule has 0 bridgehead atoms. The Morgan fingerprint density at radius 3 is 3.00 bits per heavy atom. The van der Waals surface area contributed by atoms with Gasteiger partial charge in [0.25, 0.3) is 0 Å². The fourth-order valence-corrected chi connectivity index (χ4v) is 3.20. The number of hydrogen-bond acceptors (Lipinski definition) is 3. The molecule has 1 saturated heterocycles. The van der Waals surface area contributed by atoms with Crippen LogP contribution in [-0.4, -0.2) is 48.2 Å². The number of amides is 1. The SMILES string of the molecule is O=C(Cc1ccc(F)cc1Cl)NCCCCN1CCCC1CO. The van der Waals surface area contributed by atoms with Gasteiger partial charge in [-0.2, -0.15) is 0 Å². The summed E-state index contributed by atoms with van der Waals surface area (Å²) in [6.07, 6.45) is 4.29. The minimum Gasteiger partial charge on any atom is -0.395 e. The van der Waals surface area contributed by atoms with Gasteiger partial charge >= 0.3 is 0 Å². The summed E-state index contributed by atoms with van der Waals surface area (Å²) >= 11 is 5.91. The molecule has 1 amide bonds. The highest BCUT2D eigenvalue weighted by Crippen LogP contribution is 2.18. The third-order valence-electron chi connectivity index (χ3n) is 4.27. The first-order chi connectivity index (χ1) is 11.1. The van der Waals surface area contributed by atoms with Gasteiger partial charge in [-0.15, -0.1) is 0 Å². The lowest BCUT2D eigenvalue weighted by Crippen LogP contribution is -2.33. The minimum absolute atomic E-state index is 0.104. The van der Waals surface area contributed by atoms with Crippen LogP contribution in [0.4, 0.5) is 4.39 Å². The Bertz CT molecular complexity index is 527. The molecule has 23 heavy (non-hydrogen) atoms. The second kappa shape index (κ2) is 9.21. The van der Waals surface area contributed by atoms with Gasteiger partial charge in [0.2, 0.25) is 5.91 Å². The van der Waals surface area contributed by atoms with Crippen LogP contribution in [0.5, 0.6) is 0 Å². The van der Waals surface area contributed by atoms with Crippen molar-refractivity contribution < 1.29 is 14.3 Å². The van der Waals surface area contributed by atoms with Gasteiger partial charge in [-0.3, -0.25) is 9.69 Å². The Kier molecular flexibility index (Phi) is 7.27. The zero-order valence-electron chi connectivity index (χ0n) is 13.2. The molecule has 1 unspecified atom stereocenters. The smallest absolute Gasteiger partial charge is 0.224 e. The third-order valence-corrected chi connectivity index (χ3v) is 4.62. The van der Waals surface area contributed by atoms with Crippen LogP contribution in [0.3, 0.4) is 0 Å². The number of carbonyl (C=O) groups excluding carboxylic acids is 1. The van der Waals surface area contributed by atoms with Crippen molar-refractivity contribution >= 4 is 17.5 Å². The maximum atomic E-state index is 12.9. The Morgan fingerprint density at radius 1 is 1.43 bits per heavy atom. The van der Waals surface area contributed by atoms with Crippen molar-refractivity contribution in [3.05, 3.63) is 34.6 Å². The average molecular weight is 343 g/mol. The van der Waals surface area contributed by atoms with Crippen LogP contribution in [0.25, 0.3) is 0 Å². The lowest BCUT2D eigenvalue weighted by molar-refractivity contribution is -0.120. The Labute approximate surface area is 141 Å². The molecular weight excluding hydrogens is 319 g/mol. The summed E-state index contributed by atoms with van der Waals surface area (Å²) in [4.78, 5) is 14.2. The van der Waals surface area contributed by atoms with Crippen LogP contribution in [0.1, 0.15) is 31.2 Å². The number of unbranched alkanes of at least 4 members (excludes halogenated alkanes) is 1. The van der Waals surface area contributed by atoms with E-state index in [0.717, 1.165) is 38.8 Å². The molecule has 1 atom stereocenters. The number of nitrogens with one attached hydrogen (secondary N) is 1. The topological polar surface area (TPSA) is 52.6 Å². The standard InChI is InChI=1S/C17H24ClFN2O2/c18-16-11-14(19)6-5-13(16)10-17(23)20-7-1-2-8-21-9-3-4-15(21)12-22/h5-6,11,15,22H,1-4,7-10,12H2,(H,20,23). The first-order valence-electron chi connectivity index (χ1n) is 8.15. The lowest BCUT2D eigenvalue weighted by atomic mass is 10.1. The molecule has 0 saturated carbocycles. The summed E-state index contributed by atoms with van der Waals surface area (Å²) in [6.45, 7) is 2.87. The number of aliphatic hydroxyl groups is 1. The van der Waals surface area contributed by atoms with Crippen molar-refractivity contribution in [3.8, 4) is 0 Å². The quantitative estimate of drug-likeness (QED) is 0.713. The van der Waals surface area contributed by atoms with E-state index in [9.17, 15) is 14.3 Å². The molecular formula is C17H24ClFN2O2. The highest BCUT2D eigenvalue weighted by molar-refractivity contribution is 6.31. The number of likely N-dealkylation sites (tertiary alicyclic amines) is 1. The number of nitrogens with zero attached hydrogens (tertiary/aromatic N) is 1. The second-order valence-electron chi connectivity index (χ2n) is 5.98. The van der Waals surface area contributed by atoms with Gasteiger partial charge in [0.1, 0.15) is 5.82 Å². The molecule has 0 radical (unpaired) electrons. The largest absolute Gasteiger partial charge is 0.395 e. The summed E-state index contributed by atoms with van der Waals surface area (Å²) in [5.41, 5.74) is 0.633. The highest BCUT2D eigenvalue weighted by atomic mass is 35.5. The van der Waals surface area contributed by atoms with Gasteiger partial charge in [-0.25, -0.2) is 4.39 Å². The molecule has 1 aliphatic rings. The molecule has 128 valence electrons. The van der Waals surface area contributed by atoms with Crippen LogP contribution in [-0.2, 0) is 11.2 Å². The Hall–Kier alpha value is -1.17. The van der Waals surface area contributed by atoms with Crippen LogP contribution in [0, 0.1) is 5.82 Å². The van der Waals surface area contributed by atoms with Gasteiger partial charge in [0.15, 0.2) is 0 Å². The lowest BCUT2D eigenvalue weighted by Gasteiger charge is -2.22. The molecule has 1 aliphatic heterocycles. The van der Waals surface area contributed by atoms with Gasteiger partial charge in [-0.05, 0) is 56.5 Å². The summed E-state index contributed by atoms with van der Waals surface area (Å²) in [5, 5.41) is 12.4. The number of aliphatic hydroxyl groups excluding tert-OH is 1. The fraction of sp³-hybridized carbons (Fsp3) is 0.588. The highest BCUT2D eigenvalue weighted by Gasteiger charge is 2.22. The van der Waals surface area contributed by atoms with Crippen LogP contribution in [0.2, 0.25) is 5.02 Å². The summed E-state index contributed by atoms with van der Waals surface area (Å²) in [7, 11) is 0. The van der Waals surface area contributed by atoms with E-state index in [-0.39, 0.29) is 24.0 Å². The Balaban J connectivity index is 1.61. The van der Waals surface area contributed by atoms with E-state index in [0.29, 0.717) is 18.2 Å². The van der Waals surface area contributed by atoms with E-state index in [1.54, 1.807) is 6.07 Å². The predicted molar refractivity (Wildman–Crippen MR) is 89.0 cm³/mol. The molecule has 0 aliphatic carbocycles. The maximum Gasteiger partial charge on any atom is 0.224 e. The molecule has 0 spiro atoms. The van der Waals surface area contributed by atoms with Crippen molar-refractivity contribution in [2.45, 2.75) is 38.1 Å². The molecule has 1 aromatic rings. The van der Waals surface area contributed by atoms with Crippen molar-refractivity contribution in [3.63, 3.8) is 0 Å². The third kappa shape index (κ3) is 5.75. The average Bonchev–Trinajstić information content (AvgIpc) is 2.97. The number of rotatable bonds is 8. The predicted octanol–water partition coefficient (Wildman–Crippen LogP) is 2.37. The molecule has 4 nitrogen and oxygen atoms in total. The second-order valence-corrected chi connectivity index (χ2v) is 6.39. The van der Waals surface area contributed by atoms with Crippen molar-refractivity contribution in [2.24, 2.45) is 0 Å². The summed E-state index contributed by atoms with van der Waals surface area (Å²) in [5.74, 6) is -0.504. The zero-order valence-corrected chi connectivity index (χ0v) is 14.0. The zero-order chi connectivity index (χ0) is 16.7. The van der Waals surface area contributed by atoms with Gasteiger partial charge in [0.05, 0.1) is 13.0 Å². The number of carbonyl (C=O) groups is 1. The van der Waals surface area contributed by atoms with Crippen LogP contribution >= 0.6 is 11.6 Å². The number of halogens is 2. The van der Waals surface area contributed by atoms with Gasteiger partial charge in [0, 0.05) is 17.6 Å². The van der Waals surface area contributed by atoms with Crippen LogP contribution in [0.15, 0.2) is 18.2 Å². The number of benzene rings is 1. The van der Waals surface area contributed by atoms with E-state index in [2.05, 4.69) is 10.2 Å². The van der Waals surface area contributed by atoms with Crippen molar-refractivity contribution in [2.75, 3.05) is 26.2 Å². The molecule has 2 N–H and O–H groups in total. The van der Waals surface area contributed by atoms with E-state index in [1.807, 2.05) is 0 Å². The van der Waals surface area contributed by atoms with Crippen molar-refractivity contribution in [1.82, 2.24) is 10.2 Å². The molecule has 6 heteroatoms. The molecule has 1 fully saturated rings. The monoisotopic (exact) mass is 342 g/mol. The first-order valence-corrected chi connectivity index (χ1v) is 8.53. The van der Waals surface area contributed by atoms with E-state index < -0.39 is 5.82 Å². The molecule has 1 heterocycles. The fourth-order valence-electron chi connectivity index (χ4n) is 2.96. The molecule has 2 rings (SSSR count). The first kappa shape index (κ1) is 18.2. The number of hydrogen-bond donors (Lipinski definition) is 2. The molecule has 1 aromatic carbocycles. The van der Waals surface area contributed by atoms with E-state index in [1.165, 1.54) is 12.1 Å². The maximum absolute atomic E-state index is 12.9. The summed E-state index contributed by atoms with van der Waals surface area (Å²) in [6, 6.07) is 4.38. The molecule has 0 aromatic heterocycles. The minimum atomic E-state index is -0.401. The van der Waals surface area contributed by atoms with Crippen LogP contribution < -0.4 is 5.32 Å².